The van der Waals surface area contributed by atoms with E-state index in [1.54, 1.807) is 17.8 Å². The molecule has 0 bridgehead atoms. The van der Waals surface area contributed by atoms with E-state index in [0.717, 1.165) is 10.8 Å². The molecule has 1 heterocycles. The fraction of sp³-hybridized carbons (Fsp3) is 0.467. The van der Waals surface area contributed by atoms with Crippen LogP contribution in [0.1, 0.15) is 43.0 Å². The number of rotatable bonds is 2. The largest absolute Gasteiger partial charge is 0.318 e. The van der Waals surface area contributed by atoms with Crippen molar-refractivity contribution < 1.29 is 9.59 Å². The second kappa shape index (κ2) is 5.41. The van der Waals surface area contributed by atoms with Gasteiger partial charge >= 0.3 is 0 Å². The van der Waals surface area contributed by atoms with Crippen LogP contribution in [-0.2, 0) is 4.79 Å². The summed E-state index contributed by atoms with van der Waals surface area (Å²) in [6.45, 7) is 2.29. The minimum atomic E-state index is -0.565. The first kappa shape index (κ1) is 14.0. The smallest absolute Gasteiger partial charge is 0.296 e. The van der Waals surface area contributed by atoms with Crippen LogP contribution in [-0.4, -0.2) is 16.9 Å². The van der Waals surface area contributed by atoms with Crippen LogP contribution in [0.4, 0.5) is 5.69 Å². The predicted molar refractivity (Wildman–Crippen MR) is 81.7 cm³/mol. The van der Waals surface area contributed by atoms with Crippen LogP contribution in [0, 0.1) is 5.92 Å². The molecule has 106 valence electrons. The van der Waals surface area contributed by atoms with E-state index in [-0.39, 0.29) is 0 Å². The highest BCUT2D eigenvalue weighted by Crippen LogP contribution is 2.41. The highest BCUT2D eigenvalue weighted by atomic mass is 35.5. The summed E-state index contributed by atoms with van der Waals surface area (Å²) in [7, 11) is 0. The summed E-state index contributed by atoms with van der Waals surface area (Å²) in [5.74, 6) is -0.301. The zero-order valence-corrected chi connectivity index (χ0v) is 12.8. The molecule has 0 aromatic heterocycles. The van der Waals surface area contributed by atoms with E-state index in [1.165, 1.54) is 25.7 Å². The van der Waals surface area contributed by atoms with Gasteiger partial charge in [-0.1, -0.05) is 31.4 Å². The maximum Gasteiger partial charge on any atom is 0.296 e. The second-order valence-corrected chi connectivity index (χ2v) is 7.37. The summed E-state index contributed by atoms with van der Waals surface area (Å²) in [4.78, 5) is 23.9. The van der Waals surface area contributed by atoms with Crippen LogP contribution in [0.15, 0.2) is 17.0 Å². The Morgan fingerprint density at radius 3 is 2.85 bits per heavy atom. The van der Waals surface area contributed by atoms with E-state index in [2.05, 4.69) is 12.2 Å². The molecule has 0 spiro atoms. The van der Waals surface area contributed by atoms with E-state index >= 15 is 0 Å². The lowest BCUT2D eigenvalue weighted by atomic mass is 9.91. The highest BCUT2D eigenvalue weighted by molar-refractivity contribution is 8.00. The van der Waals surface area contributed by atoms with Gasteiger partial charge in [-0.3, -0.25) is 9.59 Å². The van der Waals surface area contributed by atoms with E-state index < -0.39 is 11.7 Å². The maximum atomic E-state index is 11.6. The zero-order valence-electron chi connectivity index (χ0n) is 11.2. The van der Waals surface area contributed by atoms with E-state index in [1.807, 2.05) is 6.07 Å². The summed E-state index contributed by atoms with van der Waals surface area (Å²) in [5, 5.41) is 3.74. The number of carbonyl (C=O) groups excluding carboxylic acids is 2. The first-order valence-electron chi connectivity index (χ1n) is 6.90. The second-order valence-electron chi connectivity index (χ2n) is 5.62. The lowest BCUT2D eigenvalue weighted by Gasteiger charge is -2.26. The molecule has 3 nitrogen and oxygen atoms in total. The van der Waals surface area contributed by atoms with Crippen LogP contribution in [0.3, 0.4) is 0 Å². The minimum Gasteiger partial charge on any atom is -0.318 e. The molecule has 1 N–H and O–H groups in total. The number of hydrogen-bond acceptors (Lipinski definition) is 3. The number of thioether (sulfide) groups is 1. The van der Waals surface area contributed by atoms with Crippen LogP contribution in [0.2, 0.25) is 5.02 Å². The first-order chi connectivity index (χ1) is 9.54. The van der Waals surface area contributed by atoms with Crippen LogP contribution in [0.25, 0.3) is 0 Å². The lowest BCUT2D eigenvalue weighted by Crippen LogP contribution is -2.14. The molecule has 1 aliphatic heterocycles. The molecule has 2 atom stereocenters. The fourth-order valence-electron chi connectivity index (χ4n) is 2.90. The van der Waals surface area contributed by atoms with Crippen molar-refractivity contribution in [3.8, 4) is 0 Å². The van der Waals surface area contributed by atoms with Gasteiger partial charge < -0.3 is 5.32 Å². The third-order valence-corrected chi connectivity index (χ3v) is 5.73. The van der Waals surface area contributed by atoms with Crippen molar-refractivity contribution in [1.29, 1.82) is 0 Å². The first-order valence-corrected chi connectivity index (χ1v) is 8.16. The molecule has 3 rings (SSSR count). The van der Waals surface area contributed by atoms with Gasteiger partial charge in [0, 0.05) is 10.1 Å². The number of carbonyl (C=O) groups is 2. The SMILES string of the molecule is CC1CCCC(Sc2cc3c(cc2Cl)C(=O)C(=O)N3)C1. The quantitative estimate of drug-likeness (QED) is 0.835. The number of nitrogens with one attached hydrogen (secondary N) is 1. The number of Topliss-reactive ketones (excluding diaryl/α,β-unsaturated/α-hetero) is 1. The molecule has 2 aliphatic rings. The summed E-state index contributed by atoms with van der Waals surface area (Å²) in [6.07, 6.45) is 4.97. The summed E-state index contributed by atoms with van der Waals surface area (Å²) >= 11 is 8.03. The van der Waals surface area contributed by atoms with Crippen molar-refractivity contribution in [3.05, 3.63) is 22.7 Å². The normalized spacial score (nSPS) is 25.5. The van der Waals surface area contributed by atoms with Crippen molar-refractivity contribution in [2.45, 2.75) is 42.8 Å². The number of hydrogen-bond donors (Lipinski definition) is 1. The van der Waals surface area contributed by atoms with Crippen molar-refractivity contribution in [2.24, 2.45) is 5.92 Å². The Bertz CT molecular complexity index is 587. The molecule has 20 heavy (non-hydrogen) atoms. The van der Waals surface area contributed by atoms with Gasteiger partial charge in [-0.05, 0) is 30.9 Å². The van der Waals surface area contributed by atoms with Crippen molar-refractivity contribution in [2.75, 3.05) is 5.32 Å². The number of fused-ring (bicyclic) bond motifs is 1. The van der Waals surface area contributed by atoms with Gasteiger partial charge in [-0.25, -0.2) is 0 Å². The Morgan fingerprint density at radius 2 is 2.10 bits per heavy atom. The van der Waals surface area contributed by atoms with Gasteiger partial charge in [0.2, 0.25) is 0 Å². The van der Waals surface area contributed by atoms with Gasteiger partial charge in [0.1, 0.15) is 0 Å². The van der Waals surface area contributed by atoms with E-state index in [0.29, 0.717) is 21.5 Å². The number of amides is 1. The number of anilines is 1. The topological polar surface area (TPSA) is 46.2 Å². The Balaban J connectivity index is 1.83. The van der Waals surface area contributed by atoms with Gasteiger partial charge in [0.15, 0.2) is 0 Å². The molecule has 5 heteroatoms. The van der Waals surface area contributed by atoms with Crippen molar-refractivity contribution in [1.82, 2.24) is 0 Å². The summed E-state index contributed by atoms with van der Waals surface area (Å²) in [5.41, 5.74) is 0.983. The Hall–Kier alpha value is -1.00. The van der Waals surface area contributed by atoms with Gasteiger partial charge in [-0.15, -0.1) is 11.8 Å². The minimum absolute atomic E-state index is 0.390. The molecule has 1 fully saturated rings. The average molecular weight is 310 g/mol. The number of ketones is 1. The predicted octanol–water partition coefficient (Wildman–Crippen LogP) is 4.15. The van der Waals surface area contributed by atoms with Crippen molar-refractivity contribution in [3.63, 3.8) is 0 Å². The van der Waals surface area contributed by atoms with Crippen molar-refractivity contribution >= 4 is 40.7 Å². The molecule has 0 radical (unpaired) electrons. The van der Waals surface area contributed by atoms with Crippen LogP contribution in [0.5, 0.6) is 0 Å². The number of halogens is 1. The zero-order chi connectivity index (χ0) is 14.3. The lowest BCUT2D eigenvalue weighted by molar-refractivity contribution is -0.112. The van der Waals surface area contributed by atoms with E-state index in [4.69, 9.17) is 11.6 Å². The Morgan fingerprint density at radius 1 is 1.30 bits per heavy atom. The molecule has 1 saturated carbocycles. The average Bonchev–Trinajstić information content (AvgIpc) is 2.66. The third-order valence-electron chi connectivity index (χ3n) is 3.95. The van der Waals surface area contributed by atoms with Crippen LogP contribution >= 0.6 is 23.4 Å². The molecule has 1 amide bonds. The third kappa shape index (κ3) is 2.59. The molecule has 1 aromatic carbocycles. The summed E-state index contributed by atoms with van der Waals surface area (Å²) < 4.78 is 0. The molecule has 0 saturated heterocycles. The molecular formula is C15H16ClNO2S. The summed E-state index contributed by atoms with van der Waals surface area (Å²) in [6, 6.07) is 3.45. The number of benzene rings is 1. The highest BCUT2D eigenvalue weighted by Gasteiger charge is 2.30. The standard InChI is InChI=1S/C15H16ClNO2S/c1-8-3-2-4-9(5-8)20-13-7-12-10(6-11(13)16)14(18)15(19)17-12/h6-9H,2-5H2,1H3,(H,17,18,19). The van der Waals surface area contributed by atoms with Gasteiger partial charge in [0.05, 0.1) is 16.3 Å². The van der Waals surface area contributed by atoms with Gasteiger partial charge in [0.25, 0.3) is 11.7 Å². The maximum absolute atomic E-state index is 11.6. The fourth-order valence-corrected chi connectivity index (χ4v) is 4.62. The molecule has 2 unspecified atom stereocenters. The van der Waals surface area contributed by atoms with Crippen LogP contribution < -0.4 is 5.32 Å². The Labute approximate surface area is 127 Å². The molecular weight excluding hydrogens is 294 g/mol. The van der Waals surface area contributed by atoms with E-state index in [9.17, 15) is 9.59 Å². The molecule has 1 aromatic rings. The molecule has 1 aliphatic carbocycles. The monoisotopic (exact) mass is 309 g/mol. The van der Waals surface area contributed by atoms with Gasteiger partial charge in [-0.2, -0.15) is 0 Å². The Kier molecular flexibility index (Phi) is 3.78.